The van der Waals surface area contributed by atoms with E-state index < -0.39 is 23.6 Å². The van der Waals surface area contributed by atoms with Gasteiger partial charge in [0.1, 0.15) is 23.5 Å². The summed E-state index contributed by atoms with van der Waals surface area (Å²) in [5.74, 6) is -1.44. The van der Waals surface area contributed by atoms with E-state index in [1.807, 2.05) is 0 Å². The van der Waals surface area contributed by atoms with Crippen LogP contribution in [-0.2, 0) is 14.3 Å². The molecule has 1 rings (SSSR count). The Labute approximate surface area is 146 Å². The number of anilines is 1. The summed E-state index contributed by atoms with van der Waals surface area (Å²) in [6.45, 7) is 7.04. The molecule has 0 radical (unpaired) electrons. The number of nitrogens with one attached hydrogen (secondary N) is 1. The second-order valence-electron chi connectivity index (χ2n) is 6.27. The number of carbonyl (C=O) groups excluding carboxylic acids is 3. The molecule has 0 spiro atoms. The molecule has 0 saturated carbocycles. The predicted octanol–water partition coefficient (Wildman–Crippen LogP) is 2.37. The highest BCUT2D eigenvalue weighted by Crippen LogP contribution is 2.22. The third-order valence-corrected chi connectivity index (χ3v) is 3.05. The molecule has 0 aliphatic rings. The van der Waals surface area contributed by atoms with Crippen molar-refractivity contribution in [3.63, 3.8) is 0 Å². The lowest BCUT2D eigenvalue weighted by Gasteiger charge is -2.26. The molecule has 0 unspecified atom stereocenters. The standard InChI is InChI=1S/C17H24N2O6/c1-6-19(16(23)25-17(2,3)4)10-14(21)18-11-7-8-13(20)12(9-11)15(22)24-5/h7-9,20H,6,10H2,1-5H3,(H,18,21). The summed E-state index contributed by atoms with van der Waals surface area (Å²) in [6, 6.07) is 4.00. The average molecular weight is 352 g/mol. The van der Waals surface area contributed by atoms with E-state index in [4.69, 9.17) is 4.74 Å². The van der Waals surface area contributed by atoms with Gasteiger partial charge in [0.2, 0.25) is 5.91 Å². The van der Waals surface area contributed by atoms with Crippen molar-refractivity contribution in [2.45, 2.75) is 33.3 Å². The Morgan fingerprint density at radius 2 is 1.88 bits per heavy atom. The van der Waals surface area contributed by atoms with E-state index in [0.717, 1.165) is 0 Å². The molecule has 1 aromatic rings. The van der Waals surface area contributed by atoms with Crippen LogP contribution in [0.15, 0.2) is 18.2 Å². The summed E-state index contributed by atoms with van der Waals surface area (Å²) in [5, 5.41) is 12.2. The number of methoxy groups -OCH3 is 1. The first-order chi connectivity index (χ1) is 11.6. The number of aromatic hydroxyl groups is 1. The number of nitrogens with zero attached hydrogens (tertiary/aromatic N) is 1. The second-order valence-corrected chi connectivity index (χ2v) is 6.27. The van der Waals surface area contributed by atoms with E-state index in [1.54, 1.807) is 27.7 Å². The summed E-state index contributed by atoms with van der Waals surface area (Å²) in [7, 11) is 1.19. The maximum atomic E-state index is 12.1. The fourth-order valence-corrected chi connectivity index (χ4v) is 1.89. The van der Waals surface area contributed by atoms with Crippen LogP contribution in [0.2, 0.25) is 0 Å². The molecule has 0 heterocycles. The van der Waals surface area contributed by atoms with Crippen molar-refractivity contribution in [1.29, 1.82) is 0 Å². The Balaban J connectivity index is 2.78. The molecule has 0 aromatic heterocycles. The molecular weight excluding hydrogens is 328 g/mol. The molecule has 2 amide bonds. The van der Waals surface area contributed by atoms with E-state index in [-0.39, 0.29) is 17.9 Å². The Kier molecular flexibility index (Phi) is 6.78. The topological polar surface area (TPSA) is 105 Å². The predicted molar refractivity (Wildman–Crippen MR) is 91.6 cm³/mol. The van der Waals surface area contributed by atoms with Crippen LogP contribution < -0.4 is 5.32 Å². The minimum Gasteiger partial charge on any atom is -0.507 e. The first kappa shape index (κ1) is 20.3. The zero-order chi connectivity index (χ0) is 19.2. The number of hydrogen-bond acceptors (Lipinski definition) is 6. The number of ether oxygens (including phenoxy) is 2. The number of hydrogen-bond donors (Lipinski definition) is 2. The van der Waals surface area contributed by atoms with Crippen LogP contribution in [0.3, 0.4) is 0 Å². The van der Waals surface area contributed by atoms with Crippen LogP contribution in [0, 0.1) is 0 Å². The van der Waals surface area contributed by atoms with Crippen LogP contribution in [0.25, 0.3) is 0 Å². The third-order valence-electron chi connectivity index (χ3n) is 3.05. The molecular formula is C17H24N2O6. The summed E-state index contributed by atoms with van der Waals surface area (Å²) >= 11 is 0. The number of rotatable bonds is 5. The van der Waals surface area contributed by atoms with Gasteiger partial charge in [-0.2, -0.15) is 0 Å². The van der Waals surface area contributed by atoms with Crippen molar-refractivity contribution in [1.82, 2.24) is 4.90 Å². The summed E-state index contributed by atoms with van der Waals surface area (Å²) in [4.78, 5) is 37.0. The van der Waals surface area contributed by atoms with Gasteiger partial charge in [0.15, 0.2) is 0 Å². The SMILES string of the molecule is CCN(CC(=O)Nc1ccc(O)c(C(=O)OC)c1)C(=O)OC(C)(C)C. The normalized spacial score (nSPS) is 10.8. The van der Waals surface area contributed by atoms with Gasteiger partial charge in [-0.15, -0.1) is 0 Å². The maximum Gasteiger partial charge on any atom is 0.410 e. The van der Waals surface area contributed by atoms with Gasteiger partial charge in [0.25, 0.3) is 0 Å². The fraction of sp³-hybridized carbons (Fsp3) is 0.471. The molecule has 0 aliphatic carbocycles. The smallest absolute Gasteiger partial charge is 0.410 e. The van der Waals surface area contributed by atoms with Gasteiger partial charge in [0, 0.05) is 12.2 Å². The monoisotopic (exact) mass is 352 g/mol. The van der Waals surface area contributed by atoms with Crippen molar-refractivity contribution in [2.75, 3.05) is 25.5 Å². The summed E-state index contributed by atoms with van der Waals surface area (Å²) < 4.78 is 9.79. The number of amides is 2. The van der Waals surface area contributed by atoms with Crippen molar-refractivity contribution < 1.29 is 29.0 Å². The van der Waals surface area contributed by atoms with Crippen LogP contribution in [0.4, 0.5) is 10.5 Å². The van der Waals surface area contributed by atoms with E-state index in [1.165, 1.54) is 30.2 Å². The maximum absolute atomic E-state index is 12.1. The van der Waals surface area contributed by atoms with Crippen LogP contribution in [0.5, 0.6) is 5.75 Å². The molecule has 1 aromatic carbocycles. The molecule has 0 saturated heterocycles. The molecule has 0 aliphatic heterocycles. The van der Waals surface area contributed by atoms with Gasteiger partial charge in [-0.05, 0) is 45.9 Å². The Bertz CT molecular complexity index is 651. The van der Waals surface area contributed by atoms with E-state index in [2.05, 4.69) is 10.1 Å². The molecule has 0 atom stereocenters. The summed E-state index contributed by atoms with van der Waals surface area (Å²) in [5.41, 5.74) is -0.434. The average Bonchev–Trinajstić information content (AvgIpc) is 2.51. The molecule has 0 bridgehead atoms. The quantitative estimate of drug-likeness (QED) is 0.623. The number of phenolic OH excluding ortho intramolecular Hbond substituents is 1. The van der Waals surface area contributed by atoms with E-state index in [9.17, 15) is 19.5 Å². The van der Waals surface area contributed by atoms with Gasteiger partial charge in [-0.25, -0.2) is 9.59 Å². The van der Waals surface area contributed by atoms with E-state index >= 15 is 0 Å². The van der Waals surface area contributed by atoms with Gasteiger partial charge >= 0.3 is 12.1 Å². The highest BCUT2D eigenvalue weighted by molar-refractivity contribution is 5.97. The van der Waals surface area contributed by atoms with Crippen molar-refractivity contribution in [2.24, 2.45) is 0 Å². The number of esters is 1. The lowest BCUT2D eigenvalue weighted by Crippen LogP contribution is -2.41. The lowest BCUT2D eigenvalue weighted by molar-refractivity contribution is -0.117. The van der Waals surface area contributed by atoms with Crippen molar-refractivity contribution >= 4 is 23.7 Å². The largest absolute Gasteiger partial charge is 0.507 e. The van der Waals surface area contributed by atoms with Gasteiger partial charge in [-0.1, -0.05) is 0 Å². The number of benzene rings is 1. The number of likely N-dealkylation sites (N-methyl/N-ethyl adjacent to an activating group) is 1. The molecule has 25 heavy (non-hydrogen) atoms. The minimum absolute atomic E-state index is 0.0696. The number of carbonyl (C=O) groups is 3. The van der Waals surface area contributed by atoms with Gasteiger partial charge < -0.3 is 19.9 Å². The Hall–Kier alpha value is -2.77. The van der Waals surface area contributed by atoms with Gasteiger partial charge in [0.05, 0.1) is 7.11 Å². The molecule has 0 fully saturated rings. The molecule has 2 N–H and O–H groups in total. The zero-order valence-electron chi connectivity index (χ0n) is 15.1. The molecule has 138 valence electrons. The first-order valence-corrected chi connectivity index (χ1v) is 7.76. The minimum atomic E-state index is -0.725. The molecule has 8 nitrogen and oxygen atoms in total. The number of phenols is 1. The van der Waals surface area contributed by atoms with Crippen molar-refractivity contribution in [3.05, 3.63) is 23.8 Å². The van der Waals surface area contributed by atoms with Gasteiger partial charge in [-0.3, -0.25) is 9.69 Å². The van der Waals surface area contributed by atoms with E-state index in [0.29, 0.717) is 12.2 Å². The van der Waals surface area contributed by atoms with Crippen molar-refractivity contribution in [3.8, 4) is 5.75 Å². The van der Waals surface area contributed by atoms with Crippen LogP contribution in [0.1, 0.15) is 38.1 Å². The zero-order valence-corrected chi connectivity index (χ0v) is 15.1. The Morgan fingerprint density at radius 1 is 1.24 bits per heavy atom. The second kappa shape index (κ2) is 8.36. The lowest BCUT2D eigenvalue weighted by atomic mass is 10.1. The van der Waals surface area contributed by atoms with Crippen LogP contribution in [-0.4, -0.2) is 53.8 Å². The first-order valence-electron chi connectivity index (χ1n) is 7.76. The Morgan fingerprint density at radius 3 is 2.40 bits per heavy atom. The third kappa shape index (κ3) is 6.33. The summed E-state index contributed by atoms with van der Waals surface area (Å²) in [6.07, 6.45) is -0.592. The highest BCUT2D eigenvalue weighted by atomic mass is 16.6. The highest BCUT2D eigenvalue weighted by Gasteiger charge is 2.23. The van der Waals surface area contributed by atoms with Crippen LogP contribution >= 0.6 is 0 Å². The molecule has 8 heteroatoms. The fourth-order valence-electron chi connectivity index (χ4n) is 1.89.